The van der Waals surface area contributed by atoms with Crippen molar-refractivity contribution >= 4 is 23.6 Å². The summed E-state index contributed by atoms with van der Waals surface area (Å²) < 4.78 is 0. The van der Waals surface area contributed by atoms with Crippen LogP contribution in [-0.4, -0.2) is 16.6 Å². The molecule has 2 nitrogen and oxygen atoms in total. The van der Waals surface area contributed by atoms with Crippen molar-refractivity contribution in [1.29, 1.82) is 0 Å². The maximum absolute atomic E-state index is 12.7. The van der Waals surface area contributed by atoms with Crippen molar-refractivity contribution in [3.63, 3.8) is 0 Å². The van der Waals surface area contributed by atoms with Crippen LogP contribution in [0.4, 0.5) is 0 Å². The molecule has 0 atom stereocenters. The van der Waals surface area contributed by atoms with Gasteiger partial charge in [-0.05, 0) is 98.0 Å². The smallest absolute Gasteiger partial charge is 0.185 e. The van der Waals surface area contributed by atoms with E-state index in [9.17, 15) is 9.90 Å². The van der Waals surface area contributed by atoms with Gasteiger partial charge in [0.1, 0.15) is 5.75 Å². The molecule has 0 fully saturated rings. The molecule has 0 saturated heterocycles. The van der Waals surface area contributed by atoms with Crippen molar-refractivity contribution in [2.45, 2.75) is 65.2 Å². The minimum atomic E-state index is 0.00840. The molecule has 0 saturated carbocycles. The molecule has 2 aromatic rings. The van der Waals surface area contributed by atoms with Crippen LogP contribution in [0.3, 0.4) is 0 Å². The number of ketones is 1. The summed E-state index contributed by atoms with van der Waals surface area (Å²) in [6.07, 6.45) is 8.54. The zero-order valence-corrected chi connectivity index (χ0v) is 18.6. The van der Waals surface area contributed by atoms with Crippen molar-refractivity contribution in [3.8, 4) is 5.75 Å². The first kappa shape index (κ1) is 22.3. The molecule has 0 unspecified atom stereocenters. The molecule has 0 aliphatic heterocycles. The number of carbonyl (C=O) groups excluding carboxylic acids is 1. The Labute approximate surface area is 174 Å². The summed E-state index contributed by atoms with van der Waals surface area (Å²) in [5.41, 5.74) is 5.64. The second-order valence-corrected chi connectivity index (χ2v) is 8.65. The van der Waals surface area contributed by atoms with Gasteiger partial charge in [-0.1, -0.05) is 32.3 Å². The van der Waals surface area contributed by atoms with E-state index in [-0.39, 0.29) is 5.78 Å². The summed E-state index contributed by atoms with van der Waals surface area (Å²) in [5, 5.41) is 9.88. The Hall–Kier alpha value is -2.00. The maximum atomic E-state index is 12.7. The lowest BCUT2D eigenvalue weighted by Crippen LogP contribution is -1.98. The first-order chi connectivity index (χ1) is 13.3. The quantitative estimate of drug-likeness (QED) is 0.211. The number of unbranched alkanes of at least 4 members (excludes halogenated alkanes) is 3. The molecule has 2 aromatic carbocycles. The lowest BCUT2D eigenvalue weighted by molar-refractivity contribution is 0.104. The minimum Gasteiger partial charge on any atom is -0.507 e. The number of hydrogen-bond acceptors (Lipinski definition) is 3. The first-order valence-electron chi connectivity index (χ1n) is 10.1. The molecule has 150 valence electrons. The van der Waals surface area contributed by atoms with Crippen molar-refractivity contribution in [2.24, 2.45) is 0 Å². The van der Waals surface area contributed by atoms with Crippen LogP contribution in [0.2, 0.25) is 0 Å². The van der Waals surface area contributed by atoms with E-state index in [0.29, 0.717) is 5.75 Å². The summed E-state index contributed by atoms with van der Waals surface area (Å²) in [5.74, 6) is 1.46. The highest BCUT2D eigenvalue weighted by Crippen LogP contribution is 2.29. The van der Waals surface area contributed by atoms with Gasteiger partial charge in [-0.15, -0.1) is 11.8 Å². The maximum Gasteiger partial charge on any atom is 0.185 e. The monoisotopic (exact) mass is 396 g/mol. The molecule has 2 rings (SSSR count). The van der Waals surface area contributed by atoms with Gasteiger partial charge in [0.25, 0.3) is 0 Å². The minimum absolute atomic E-state index is 0.00840. The molecule has 0 amide bonds. The van der Waals surface area contributed by atoms with Gasteiger partial charge in [0.05, 0.1) is 0 Å². The van der Waals surface area contributed by atoms with Gasteiger partial charge >= 0.3 is 0 Å². The number of aryl methyl sites for hydroxylation is 4. The highest BCUT2D eigenvalue weighted by atomic mass is 32.2. The van der Waals surface area contributed by atoms with Crippen LogP contribution in [-0.2, 0) is 0 Å². The fourth-order valence-electron chi connectivity index (χ4n) is 3.38. The molecule has 0 spiro atoms. The summed E-state index contributed by atoms with van der Waals surface area (Å²) in [6, 6.07) is 7.78. The van der Waals surface area contributed by atoms with Crippen molar-refractivity contribution < 1.29 is 9.90 Å². The van der Waals surface area contributed by atoms with Gasteiger partial charge in [-0.3, -0.25) is 4.79 Å². The van der Waals surface area contributed by atoms with E-state index in [1.807, 2.05) is 56.0 Å². The van der Waals surface area contributed by atoms with Crippen molar-refractivity contribution in [1.82, 2.24) is 0 Å². The SMILES string of the molecule is CCCCCCSc1c(C)cc(C(=O)C=Cc2cc(C)c(O)c(C)c2)cc1C. The second kappa shape index (κ2) is 10.5. The van der Waals surface area contributed by atoms with E-state index in [1.165, 1.54) is 41.7 Å². The van der Waals surface area contributed by atoms with Gasteiger partial charge in [0.2, 0.25) is 0 Å². The van der Waals surface area contributed by atoms with Crippen LogP contribution in [0.5, 0.6) is 5.75 Å². The van der Waals surface area contributed by atoms with Crippen molar-refractivity contribution in [2.75, 3.05) is 5.75 Å². The molecular formula is C25H32O2S. The summed E-state index contributed by atoms with van der Waals surface area (Å²) in [4.78, 5) is 14.0. The Morgan fingerprint density at radius 2 is 1.54 bits per heavy atom. The topological polar surface area (TPSA) is 37.3 Å². The van der Waals surface area contributed by atoms with Crippen LogP contribution >= 0.6 is 11.8 Å². The largest absolute Gasteiger partial charge is 0.507 e. The zero-order valence-electron chi connectivity index (χ0n) is 17.8. The summed E-state index contributed by atoms with van der Waals surface area (Å²) in [7, 11) is 0. The molecule has 0 aliphatic carbocycles. The number of thioether (sulfide) groups is 1. The third-order valence-electron chi connectivity index (χ3n) is 4.93. The molecule has 0 radical (unpaired) electrons. The van der Waals surface area contributed by atoms with Crippen LogP contribution in [0.25, 0.3) is 6.08 Å². The third kappa shape index (κ3) is 6.00. The lowest BCUT2D eigenvalue weighted by atomic mass is 10.0. The van der Waals surface area contributed by atoms with E-state index in [1.54, 1.807) is 6.08 Å². The second-order valence-electron chi connectivity index (χ2n) is 7.55. The Morgan fingerprint density at radius 1 is 0.929 bits per heavy atom. The van der Waals surface area contributed by atoms with Gasteiger partial charge in [0.15, 0.2) is 5.78 Å². The van der Waals surface area contributed by atoms with E-state index < -0.39 is 0 Å². The first-order valence-corrected chi connectivity index (χ1v) is 11.1. The number of aromatic hydroxyl groups is 1. The Balaban J connectivity index is 2.09. The molecule has 3 heteroatoms. The van der Waals surface area contributed by atoms with E-state index in [2.05, 4.69) is 20.8 Å². The van der Waals surface area contributed by atoms with E-state index >= 15 is 0 Å². The molecule has 28 heavy (non-hydrogen) atoms. The van der Waals surface area contributed by atoms with Crippen molar-refractivity contribution in [3.05, 3.63) is 63.7 Å². The predicted octanol–water partition coefficient (Wildman–Crippen LogP) is 7.19. The predicted molar refractivity (Wildman–Crippen MR) is 122 cm³/mol. The number of carbonyl (C=O) groups is 1. The zero-order chi connectivity index (χ0) is 20.7. The van der Waals surface area contributed by atoms with Crippen LogP contribution in [0.1, 0.15) is 70.8 Å². The molecule has 0 bridgehead atoms. The summed E-state index contributed by atoms with van der Waals surface area (Å²) in [6.45, 7) is 10.2. The lowest BCUT2D eigenvalue weighted by Gasteiger charge is -2.11. The Bertz CT molecular complexity index is 819. The number of rotatable bonds is 9. The molecule has 0 aromatic heterocycles. The fourth-order valence-corrected chi connectivity index (χ4v) is 4.50. The molecule has 0 heterocycles. The average Bonchev–Trinajstić information content (AvgIpc) is 2.65. The number of phenolic OH excluding ortho intramolecular Hbond substituents is 1. The van der Waals surface area contributed by atoms with E-state index in [0.717, 1.165) is 28.0 Å². The normalized spacial score (nSPS) is 11.3. The summed E-state index contributed by atoms with van der Waals surface area (Å²) >= 11 is 1.91. The highest BCUT2D eigenvalue weighted by Gasteiger charge is 2.10. The van der Waals surface area contributed by atoms with Gasteiger partial charge in [-0.2, -0.15) is 0 Å². The number of phenols is 1. The number of benzene rings is 2. The standard InChI is InChI=1S/C25H32O2S/c1-6-7-8-9-12-28-25-19(4)15-22(16-20(25)5)23(26)11-10-21-13-17(2)24(27)18(3)14-21/h10-11,13-16,27H,6-9,12H2,1-5H3. The highest BCUT2D eigenvalue weighted by molar-refractivity contribution is 7.99. The molecular weight excluding hydrogens is 364 g/mol. The van der Waals surface area contributed by atoms with Crippen LogP contribution in [0, 0.1) is 27.7 Å². The number of allylic oxidation sites excluding steroid dienone is 1. The number of hydrogen-bond donors (Lipinski definition) is 1. The van der Waals surface area contributed by atoms with Gasteiger partial charge in [-0.25, -0.2) is 0 Å². The van der Waals surface area contributed by atoms with E-state index in [4.69, 9.17) is 0 Å². The van der Waals surface area contributed by atoms with Gasteiger partial charge < -0.3 is 5.11 Å². The fraction of sp³-hybridized carbons (Fsp3) is 0.400. The average molecular weight is 397 g/mol. The van der Waals surface area contributed by atoms with Crippen LogP contribution < -0.4 is 0 Å². The van der Waals surface area contributed by atoms with Gasteiger partial charge in [0, 0.05) is 10.5 Å². The van der Waals surface area contributed by atoms with Crippen LogP contribution in [0.15, 0.2) is 35.2 Å². The Morgan fingerprint density at radius 3 is 2.11 bits per heavy atom. The third-order valence-corrected chi connectivity index (χ3v) is 6.36. The molecule has 1 N–H and O–H groups in total. The molecule has 0 aliphatic rings. The Kier molecular flexibility index (Phi) is 8.37.